The zero-order valence-electron chi connectivity index (χ0n) is 7.93. The minimum absolute atomic E-state index is 0.199. The summed E-state index contributed by atoms with van der Waals surface area (Å²) in [5.41, 5.74) is 1.60. The third kappa shape index (κ3) is 1.00. The molecular formula is C14H12. The summed E-state index contributed by atoms with van der Waals surface area (Å²) in [7, 11) is 0. The first kappa shape index (κ1) is 7.81. The molecule has 0 N–H and O–H groups in total. The fourth-order valence-electron chi connectivity index (χ4n) is 2.17. The summed E-state index contributed by atoms with van der Waals surface area (Å²) in [6, 6.07) is 10.7. The van der Waals surface area contributed by atoms with Crippen molar-refractivity contribution < 1.29 is 0 Å². The second-order valence-electron chi connectivity index (χ2n) is 3.93. The molecule has 1 aromatic rings. The van der Waals surface area contributed by atoms with E-state index in [-0.39, 0.29) is 5.41 Å². The van der Waals surface area contributed by atoms with E-state index in [1.807, 2.05) is 0 Å². The molecule has 2 aliphatic carbocycles. The number of rotatable bonds is 2. The fraction of sp³-hybridized carbons (Fsp3) is 0.143. The number of allylic oxidation sites excluding steroid dienone is 6. The highest BCUT2D eigenvalue weighted by Gasteiger charge is 2.41. The molecule has 0 heteroatoms. The maximum atomic E-state index is 2.30. The van der Waals surface area contributed by atoms with Crippen LogP contribution in [0.15, 0.2) is 66.8 Å². The quantitative estimate of drug-likeness (QED) is 0.613. The van der Waals surface area contributed by atoms with Crippen molar-refractivity contribution in [3.8, 4) is 0 Å². The first-order valence-corrected chi connectivity index (χ1v) is 5.03. The van der Waals surface area contributed by atoms with Crippen LogP contribution in [-0.4, -0.2) is 0 Å². The highest BCUT2D eigenvalue weighted by Crippen LogP contribution is 2.47. The molecular weight excluding hydrogens is 168 g/mol. The molecule has 0 saturated carbocycles. The van der Waals surface area contributed by atoms with Gasteiger partial charge in [0.15, 0.2) is 0 Å². The van der Waals surface area contributed by atoms with Gasteiger partial charge < -0.3 is 0 Å². The van der Waals surface area contributed by atoms with E-state index in [4.69, 9.17) is 0 Å². The lowest BCUT2D eigenvalue weighted by molar-refractivity contribution is 0.643. The fourth-order valence-corrected chi connectivity index (χ4v) is 2.17. The van der Waals surface area contributed by atoms with Crippen LogP contribution in [0.1, 0.15) is 5.56 Å². The topological polar surface area (TPSA) is 0 Å². The Hall–Kier alpha value is -1.56. The van der Waals surface area contributed by atoms with E-state index in [1.54, 1.807) is 0 Å². The second kappa shape index (κ2) is 2.71. The second-order valence-corrected chi connectivity index (χ2v) is 3.93. The van der Waals surface area contributed by atoms with Crippen LogP contribution in [-0.2, 0) is 5.41 Å². The molecule has 14 heavy (non-hydrogen) atoms. The van der Waals surface area contributed by atoms with Gasteiger partial charge in [-0.1, -0.05) is 66.8 Å². The van der Waals surface area contributed by atoms with Crippen LogP contribution in [0.3, 0.4) is 0 Å². The summed E-state index contributed by atoms with van der Waals surface area (Å²) in [6.07, 6.45) is 13.4. The van der Waals surface area contributed by atoms with E-state index in [9.17, 15) is 0 Å². The van der Waals surface area contributed by atoms with Crippen LogP contribution in [0.25, 0.3) is 0 Å². The van der Waals surface area contributed by atoms with Crippen molar-refractivity contribution >= 4 is 0 Å². The van der Waals surface area contributed by atoms with Gasteiger partial charge in [-0.25, -0.2) is 0 Å². The Morgan fingerprint density at radius 3 is 2.07 bits per heavy atom. The Labute approximate surface area is 84.3 Å². The van der Waals surface area contributed by atoms with Gasteiger partial charge in [0.2, 0.25) is 0 Å². The van der Waals surface area contributed by atoms with Crippen molar-refractivity contribution in [2.75, 3.05) is 0 Å². The Morgan fingerprint density at radius 2 is 1.50 bits per heavy atom. The van der Waals surface area contributed by atoms with Gasteiger partial charge >= 0.3 is 0 Å². The molecule has 0 aliphatic heterocycles. The number of hydrogen-bond acceptors (Lipinski definition) is 0. The van der Waals surface area contributed by atoms with Gasteiger partial charge in [-0.2, -0.15) is 0 Å². The van der Waals surface area contributed by atoms with Crippen molar-refractivity contribution in [3.63, 3.8) is 0 Å². The van der Waals surface area contributed by atoms with E-state index in [0.717, 1.165) is 0 Å². The van der Waals surface area contributed by atoms with Gasteiger partial charge in [0.05, 0.1) is 0 Å². The summed E-state index contributed by atoms with van der Waals surface area (Å²) in [4.78, 5) is 0. The third-order valence-corrected chi connectivity index (χ3v) is 3.10. The summed E-state index contributed by atoms with van der Waals surface area (Å²) in [5.74, 6) is 0.532. The third-order valence-electron chi connectivity index (χ3n) is 3.10. The molecule has 0 bridgehead atoms. The van der Waals surface area contributed by atoms with Crippen LogP contribution < -0.4 is 0 Å². The van der Waals surface area contributed by atoms with E-state index in [0.29, 0.717) is 5.92 Å². The molecule has 0 saturated heterocycles. The van der Waals surface area contributed by atoms with Crippen molar-refractivity contribution in [3.05, 3.63) is 72.4 Å². The van der Waals surface area contributed by atoms with Gasteiger partial charge in [-0.05, 0) is 5.56 Å². The van der Waals surface area contributed by atoms with Crippen LogP contribution >= 0.6 is 0 Å². The van der Waals surface area contributed by atoms with Crippen LogP contribution in [0.5, 0.6) is 0 Å². The molecule has 3 rings (SSSR count). The molecule has 0 amide bonds. The molecule has 68 valence electrons. The normalized spacial score (nSPS) is 21.7. The largest absolute Gasteiger partial charge is 0.0761 e. The van der Waals surface area contributed by atoms with Crippen LogP contribution in [0.2, 0.25) is 0 Å². The average Bonchev–Trinajstić information content (AvgIpc) is 2.88. The number of benzene rings is 1. The van der Waals surface area contributed by atoms with Gasteiger partial charge in [-0.3, -0.25) is 0 Å². The maximum absolute atomic E-state index is 2.30. The molecule has 2 aliphatic rings. The Balaban J connectivity index is 1.98. The molecule has 1 aromatic carbocycles. The molecule has 0 aromatic heterocycles. The minimum Gasteiger partial charge on any atom is -0.0761 e. The monoisotopic (exact) mass is 180 g/mol. The first-order chi connectivity index (χ1) is 6.92. The van der Waals surface area contributed by atoms with Crippen molar-refractivity contribution in [2.45, 2.75) is 5.41 Å². The van der Waals surface area contributed by atoms with E-state index in [2.05, 4.69) is 66.8 Å². The van der Waals surface area contributed by atoms with Crippen molar-refractivity contribution in [2.24, 2.45) is 5.92 Å². The van der Waals surface area contributed by atoms with Crippen molar-refractivity contribution in [1.29, 1.82) is 0 Å². The Morgan fingerprint density at radius 1 is 0.857 bits per heavy atom. The van der Waals surface area contributed by atoms with Gasteiger partial charge in [-0.15, -0.1) is 0 Å². The predicted octanol–water partition coefficient (Wildman–Crippen LogP) is 3.24. The van der Waals surface area contributed by atoms with Gasteiger partial charge in [0, 0.05) is 11.3 Å². The lowest BCUT2D eigenvalue weighted by atomic mass is 9.81. The molecule has 0 unspecified atom stereocenters. The molecule has 0 spiro atoms. The van der Waals surface area contributed by atoms with Crippen LogP contribution in [0, 0.1) is 5.92 Å². The zero-order valence-corrected chi connectivity index (χ0v) is 7.93. The van der Waals surface area contributed by atoms with E-state index >= 15 is 0 Å². The van der Waals surface area contributed by atoms with Crippen molar-refractivity contribution in [1.82, 2.24) is 0 Å². The Bertz CT molecular complexity index is 403. The lowest BCUT2D eigenvalue weighted by Gasteiger charge is -2.21. The maximum Gasteiger partial charge on any atom is 0.0410 e. The molecule has 0 fully saturated rings. The zero-order chi connectivity index (χ0) is 9.43. The molecule has 0 atom stereocenters. The average molecular weight is 180 g/mol. The summed E-state index contributed by atoms with van der Waals surface area (Å²) >= 11 is 0. The predicted molar refractivity (Wildman–Crippen MR) is 59.0 cm³/mol. The smallest absolute Gasteiger partial charge is 0.0410 e. The lowest BCUT2D eigenvalue weighted by Crippen LogP contribution is -2.17. The summed E-state index contributed by atoms with van der Waals surface area (Å²) in [5, 5.41) is 0. The molecule has 0 heterocycles. The Kier molecular flexibility index (Phi) is 1.51. The highest BCUT2D eigenvalue weighted by atomic mass is 14.4. The first-order valence-electron chi connectivity index (χ1n) is 5.03. The molecule has 0 nitrogen and oxygen atoms in total. The van der Waals surface area contributed by atoms with E-state index in [1.165, 1.54) is 5.56 Å². The summed E-state index contributed by atoms with van der Waals surface area (Å²) < 4.78 is 0. The van der Waals surface area contributed by atoms with Gasteiger partial charge in [0.1, 0.15) is 0 Å². The minimum atomic E-state index is 0.199. The number of hydrogen-bond donors (Lipinski definition) is 0. The standard InChI is InChI=1S/C14H12/c1-2-6-12(7-3-1)14(10-11-14)13-8-4-5-9-13/h1-11,13H. The van der Waals surface area contributed by atoms with Crippen LogP contribution in [0.4, 0.5) is 0 Å². The van der Waals surface area contributed by atoms with E-state index < -0.39 is 0 Å². The highest BCUT2D eigenvalue weighted by molar-refractivity contribution is 5.52. The SMILES string of the molecule is C1=CC(C2(c3ccccc3)C=C2)C=C1. The molecule has 0 radical (unpaired) electrons. The summed E-state index contributed by atoms with van der Waals surface area (Å²) in [6.45, 7) is 0. The van der Waals surface area contributed by atoms with Gasteiger partial charge in [0.25, 0.3) is 0 Å².